The number of ether oxygens (including phenoxy) is 5. The van der Waals surface area contributed by atoms with Crippen LogP contribution in [0, 0.1) is 0 Å². The first-order chi connectivity index (χ1) is 15.7. The zero-order valence-electron chi connectivity index (χ0n) is 17.2. The second-order valence-corrected chi connectivity index (χ2v) is 7.27. The highest BCUT2D eigenvalue weighted by Crippen LogP contribution is 2.37. The molecule has 0 aliphatic carbocycles. The Balaban J connectivity index is 1.63. The Hall–Kier alpha value is -3.20. The van der Waals surface area contributed by atoms with Gasteiger partial charge < -0.3 is 23.7 Å². The summed E-state index contributed by atoms with van der Waals surface area (Å²) in [7, 11) is 0. The number of esters is 1. The van der Waals surface area contributed by atoms with Crippen LogP contribution < -0.4 is 0 Å². The summed E-state index contributed by atoms with van der Waals surface area (Å²) in [4.78, 5) is 15.8. The van der Waals surface area contributed by atoms with Gasteiger partial charge in [0.25, 0.3) is 0 Å². The lowest BCUT2D eigenvalue weighted by Gasteiger charge is -2.47. The van der Waals surface area contributed by atoms with Gasteiger partial charge in [0.15, 0.2) is 12.6 Å². The van der Waals surface area contributed by atoms with E-state index in [1.165, 1.54) is 0 Å². The summed E-state index contributed by atoms with van der Waals surface area (Å²) in [6, 6.07) is 17.0. The van der Waals surface area contributed by atoms with Crippen molar-refractivity contribution in [1.82, 2.24) is 0 Å². The highest BCUT2D eigenvalue weighted by atomic mass is 16.8. The van der Waals surface area contributed by atoms with Gasteiger partial charge in [-0.3, -0.25) is 0 Å². The van der Waals surface area contributed by atoms with E-state index in [1.807, 2.05) is 30.3 Å². The zero-order chi connectivity index (χ0) is 22.3. The molecular weight excluding hydrogens is 414 g/mol. The van der Waals surface area contributed by atoms with E-state index in [0.29, 0.717) is 5.56 Å². The van der Waals surface area contributed by atoms with Crippen LogP contribution in [-0.4, -0.2) is 49.8 Å². The van der Waals surface area contributed by atoms with Crippen molar-refractivity contribution in [3.8, 4) is 0 Å². The van der Waals surface area contributed by atoms with E-state index in [1.54, 1.807) is 36.4 Å². The van der Waals surface area contributed by atoms with Crippen LogP contribution in [0.5, 0.6) is 0 Å². The zero-order valence-corrected chi connectivity index (χ0v) is 17.2. The first-order valence-corrected chi connectivity index (χ1v) is 10.2. The molecule has 2 aliphatic heterocycles. The van der Waals surface area contributed by atoms with Crippen molar-refractivity contribution in [2.75, 3.05) is 13.2 Å². The highest BCUT2D eigenvalue weighted by Gasteiger charge is 2.52. The maximum Gasteiger partial charge on any atom is 0.338 e. The number of hydrogen-bond donors (Lipinski definition) is 0. The predicted molar refractivity (Wildman–Crippen MR) is 113 cm³/mol. The van der Waals surface area contributed by atoms with Gasteiger partial charge in [-0.25, -0.2) is 4.79 Å². The Bertz CT molecular complexity index is 966. The van der Waals surface area contributed by atoms with Crippen molar-refractivity contribution in [3.63, 3.8) is 0 Å². The number of benzene rings is 2. The van der Waals surface area contributed by atoms with Gasteiger partial charge in [-0.15, -0.1) is 6.58 Å². The molecule has 0 spiro atoms. The Morgan fingerprint density at radius 3 is 2.56 bits per heavy atom. The number of fused-ring (bicyclic) bond motifs is 1. The number of carbonyl (C=O) groups excluding carboxylic acids is 1. The minimum Gasteiger partial charge on any atom is -0.455 e. The molecular formula is C23H23N3O6. The molecule has 0 radical (unpaired) electrons. The van der Waals surface area contributed by atoms with E-state index in [4.69, 9.17) is 23.7 Å². The summed E-state index contributed by atoms with van der Waals surface area (Å²) in [6.45, 7) is 3.97. The van der Waals surface area contributed by atoms with Crippen molar-refractivity contribution >= 4 is 5.97 Å². The number of azide groups is 1. The van der Waals surface area contributed by atoms with E-state index in [2.05, 4.69) is 16.6 Å². The van der Waals surface area contributed by atoms with Crippen molar-refractivity contribution in [2.45, 2.75) is 36.9 Å². The first kappa shape index (κ1) is 22.0. The lowest BCUT2D eigenvalue weighted by atomic mass is 9.95. The van der Waals surface area contributed by atoms with Crippen LogP contribution in [0.15, 0.2) is 78.4 Å². The van der Waals surface area contributed by atoms with Gasteiger partial charge in [-0.05, 0) is 17.7 Å². The summed E-state index contributed by atoms with van der Waals surface area (Å²) in [5.74, 6) is -0.566. The Labute approximate surface area is 185 Å². The van der Waals surface area contributed by atoms with Gasteiger partial charge in [0.1, 0.15) is 24.4 Å². The molecule has 2 heterocycles. The van der Waals surface area contributed by atoms with Crippen molar-refractivity contribution in [1.29, 1.82) is 0 Å². The van der Waals surface area contributed by atoms with Crippen molar-refractivity contribution in [2.24, 2.45) is 5.11 Å². The third kappa shape index (κ3) is 4.83. The summed E-state index contributed by atoms with van der Waals surface area (Å²) in [5, 5.41) is 3.83. The molecule has 2 aliphatic rings. The Kier molecular flexibility index (Phi) is 7.16. The maximum absolute atomic E-state index is 12.9. The number of hydrogen-bond acceptors (Lipinski definition) is 7. The molecule has 166 valence electrons. The second-order valence-electron chi connectivity index (χ2n) is 7.27. The molecule has 9 nitrogen and oxygen atoms in total. The largest absolute Gasteiger partial charge is 0.455 e. The Morgan fingerprint density at radius 1 is 1.16 bits per heavy atom. The number of carbonyl (C=O) groups is 1. The number of rotatable bonds is 7. The van der Waals surface area contributed by atoms with Gasteiger partial charge in [-0.2, -0.15) is 0 Å². The van der Waals surface area contributed by atoms with Gasteiger partial charge in [0, 0.05) is 10.5 Å². The molecule has 2 aromatic carbocycles. The minimum atomic E-state index is -0.969. The molecule has 2 aromatic rings. The van der Waals surface area contributed by atoms with E-state index >= 15 is 0 Å². The first-order valence-electron chi connectivity index (χ1n) is 10.2. The molecule has 32 heavy (non-hydrogen) atoms. The van der Waals surface area contributed by atoms with E-state index in [-0.39, 0.29) is 13.2 Å². The Morgan fingerprint density at radius 2 is 1.88 bits per heavy atom. The van der Waals surface area contributed by atoms with E-state index in [9.17, 15) is 10.3 Å². The van der Waals surface area contributed by atoms with Gasteiger partial charge in [-0.1, -0.05) is 59.7 Å². The highest BCUT2D eigenvalue weighted by molar-refractivity contribution is 5.89. The average Bonchev–Trinajstić information content (AvgIpc) is 2.85. The molecule has 0 bridgehead atoms. The van der Waals surface area contributed by atoms with Crippen molar-refractivity contribution < 1.29 is 28.5 Å². The van der Waals surface area contributed by atoms with Crippen LogP contribution in [0.4, 0.5) is 0 Å². The summed E-state index contributed by atoms with van der Waals surface area (Å²) >= 11 is 0. The van der Waals surface area contributed by atoms with Crippen LogP contribution in [0.2, 0.25) is 0 Å². The van der Waals surface area contributed by atoms with Crippen LogP contribution in [0.1, 0.15) is 22.2 Å². The molecule has 2 fully saturated rings. The van der Waals surface area contributed by atoms with Crippen LogP contribution in [0.25, 0.3) is 10.4 Å². The average molecular weight is 437 g/mol. The standard InChI is InChI=1S/C23H23N3O6/c1-2-13-28-23-18(25-26-24)20(31-21(27)15-9-5-3-6-10-15)19-17(30-23)14-29-22(32-19)16-11-7-4-8-12-16/h2-12,17-20,22-23H,1,13-14H2/t17-,18-,19+,20-,22+,23-/m1/s1. The lowest BCUT2D eigenvalue weighted by molar-refractivity contribution is -0.340. The van der Waals surface area contributed by atoms with E-state index < -0.39 is 42.9 Å². The molecule has 0 amide bonds. The molecule has 0 saturated carbocycles. The van der Waals surface area contributed by atoms with Gasteiger partial charge >= 0.3 is 5.97 Å². The summed E-state index contributed by atoms with van der Waals surface area (Å²) in [6.07, 6.45) is -2.38. The second kappa shape index (κ2) is 10.4. The fourth-order valence-corrected chi connectivity index (χ4v) is 3.72. The molecule has 0 N–H and O–H groups in total. The lowest BCUT2D eigenvalue weighted by Crippen LogP contribution is -2.62. The summed E-state index contributed by atoms with van der Waals surface area (Å²) < 4.78 is 29.5. The number of nitrogens with zero attached hydrogens (tertiary/aromatic N) is 3. The molecule has 9 heteroatoms. The fraction of sp³-hybridized carbons (Fsp3) is 0.348. The topological polar surface area (TPSA) is 112 Å². The third-order valence-electron chi connectivity index (χ3n) is 5.19. The van der Waals surface area contributed by atoms with Crippen LogP contribution in [0.3, 0.4) is 0 Å². The SMILES string of the molecule is C=CCO[C@@H]1O[C@@H]2CO[C@H](c3ccccc3)O[C@@H]2[C@H](OC(=O)c2ccccc2)[C@H]1N=[N+]=[N-]. The molecule has 4 rings (SSSR count). The van der Waals surface area contributed by atoms with E-state index in [0.717, 1.165) is 5.56 Å². The van der Waals surface area contributed by atoms with Crippen LogP contribution in [-0.2, 0) is 23.7 Å². The third-order valence-corrected chi connectivity index (χ3v) is 5.19. The fourth-order valence-electron chi connectivity index (χ4n) is 3.72. The quantitative estimate of drug-likeness (QED) is 0.213. The monoisotopic (exact) mass is 437 g/mol. The maximum atomic E-state index is 12.9. The molecule has 0 unspecified atom stereocenters. The summed E-state index contributed by atoms with van der Waals surface area (Å²) in [5.41, 5.74) is 10.4. The molecule has 2 saturated heterocycles. The van der Waals surface area contributed by atoms with Crippen molar-refractivity contribution in [3.05, 3.63) is 94.9 Å². The predicted octanol–water partition coefficient (Wildman–Crippen LogP) is 3.93. The van der Waals surface area contributed by atoms with Gasteiger partial charge in [0.2, 0.25) is 0 Å². The molecule has 6 atom stereocenters. The van der Waals surface area contributed by atoms with Gasteiger partial charge in [0.05, 0.1) is 18.8 Å². The smallest absolute Gasteiger partial charge is 0.338 e. The minimum absolute atomic E-state index is 0.160. The molecule has 0 aromatic heterocycles. The van der Waals surface area contributed by atoms with Crippen LogP contribution >= 0.6 is 0 Å². The normalized spacial score (nSPS) is 29.2.